The van der Waals surface area contributed by atoms with Gasteiger partial charge in [0.05, 0.1) is 4.99 Å². The average molecular weight is 220 g/mol. The highest BCUT2D eigenvalue weighted by molar-refractivity contribution is 7.98. The van der Waals surface area contributed by atoms with Crippen LogP contribution in [0, 0.1) is 0 Å². The van der Waals surface area contributed by atoms with Crippen LogP contribution in [-0.4, -0.2) is 41.5 Å². The molecule has 0 bridgehead atoms. The summed E-state index contributed by atoms with van der Waals surface area (Å²) in [6.07, 6.45) is 4.20. The molecule has 0 aliphatic rings. The second kappa shape index (κ2) is 7.59. The van der Waals surface area contributed by atoms with Crippen molar-refractivity contribution in [2.24, 2.45) is 5.73 Å². The van der Waals surface area contributed by atoms with E-state index in [4.69, 9.17) is 18.0 Å². The first-order chi connectivity index (χ1) is 6.07. The van der Waals surface area contributed by atoms with Crippen LogP contribution in [0.2, 0.25) is 0 Å². The van der Waals surface area contributed by atoms with Crippen molar-refractivity contribution < 1.29 is 0 Å². The van der Waals surface area contributed by atoms with Gasteiger partial charge in [-0.15, -0.1) is 0 Å². The van der Waals surface area contributed by atoms with Gasteiger partial charge >= 0.3 is 0 Å². The smallest absolute Gasteiger partial charge is 0.0740 e. The molecule has 0 spiro atoms. The number of nitrogens with two attached hydrogens (primary N) is 1. The van der Waals surface area contributed by atoms with E-state index >= 15 is 0 Å². The monoisotopic (exact) mass is 220 g/mol. The van der Waals surface area contributed by atoms with E-state index in [1.165, 1.54) is 12.2 Å². The Morgan fingerprint density at radius 3 is 2.69 bits per heavy atom. The van der Waals surface area contributed by atoms with Gasteiger partial charge in [-0.3, -0.25) is 0 Å². The van der Waals surface area contributed by atoms with E-state index in [2.05, 4.69) is 25.1 Å². The third-order valence-electron chi connectivity index (χ3n) is 2.20. The first-order valence-corrected chi connectivity index (χ1v) is 6.35. The molecule has 0 aliphatic carbocycles. The standard InChI is InChI=1S/C9H20N2S2/c1-8(5-7-13-3)11(2)6-4-9(10)12/h8H,4-7H2,1-3H3,(H2,10,12). The molecule has 78 valence electrons. The Bertz CT molecular complexity index is 151. The van der Waals surface area contributed by atoms with Gasteiger partial charge in [0, 0.05) is 19.0 Å². The first kappa shape index (κ1) is 13.2. The SMILES string of the molecule is CSCCC(C)N(C)CCC(N)=S. The zero-order valence-electron chi connectivity index (χ0n) is 8.75. The van der Waals surface area contributed by atoms with Gasteiger partial charge in [-0.2, -0.15) is 11.8 Å². The van der Waals surface area contributed by atoms with Crippen LogP contribution in [0.15, 0.2) is 0 Å². The van der Waals surface area contributed by atoms with E-state index < -0.39 is 0 Å². The largest absolute Gasteiger partial charge is 0.393 e. The fourth-order valence-corrected chi connectivity index (χ4v) is 1.68. The van der Waals surface area contributed by atoms with Gasteiger partial charge in [0.15, 0.2) is 0 Å². The molecule has 0 aromatic carbocycles. The molecule has 0 aromatic rings. The molecule has 2 N–H and O–H groups in total. The molecule has 13 heavy (non-hydrogen) atoms. The number of nitrogens with zero attached hydrogens (tertiary/aromatic N) is 1. The maximum absolute atomic E-state index is 5.44. The second-order valence-corrected chi connectivity index (χ2v) is 4.84. The Morgan fingerprint density at radius 2 is 2.23 bits per heavy atom. The van der Waals surface area contributed by atoms with Crippen molar-refractivity contribution in [3.8, 4) is 0 Å². The Hall–Kier alpha value is 0.200. The Kier molecular flexibility index (Phi) is 7.71. The minimum absolute atomic E-state index is 0.615. The van der Waals surface area contributed by atoms with Crippen molar-refractivity contribution in [2.75, 3.05) is 25.6 Å². The third-order valence-corrected chi connectivity index (χ3v) is 3.05. The summed E-state index contributed by atoms with van der Waals surface area (Å²) in [6.45, 7) is 3.22. The normalized spacial score (nSPS) is 13.2. The predicted molar refractivity (Wildman–Crippen MR) is 66.5 cm³/mol. The van der Waals surface area contributed by atoms with E-state index in [9.17, 15) is 0 Å². The van der Waals surface area contributed by atoms with Crippen LogP contribution in [0.3, 0.4) is 0 Å². The molecule has 0 amide bonds. The first-order valence-electron chi connectivity index (χ1n) is 4.55. The number of thiocarbonyl (C=S) groups is 1. The van der Waals surface area contributed by atoms with Crippen LogP contribution in [0.1, 0.15) is 19.8 Å². The minimum atomic E-state index is 0.615. The quantitative estimate of drug-likeness (QED) is 0.662. The molecule has 0 rings (SSSR count). The molecule has 0 saturated carbocycles. The van der Waals surface area contributed by atoms with Gasteiger partial charge in [-0.1, -0.05) is 12.2 Å². The molecule has 0 aliphatic heterocycles. The van der Waals surface area contributed by atoms with Crippen LogP contribution in [0.4, 0.5) is 0 Å². The maximum atomic E-state index is 5.44. The van der Waals surface area contributed by atoms with Crippen molar-refractivity contribution in [3.05, 3.63) is 0 Å². The molecular formula is C9H20N2S2. The molecule has 4 heteroatoms. The zero-order chi connectivity index (χ0) is 10.3. The Balaban J connectivity index is 3.56. The van der Waals surface area contributed by atoms with E-state index in [1.54, 1.807) is 0 Å². The molecule has 0 radical (unpaired) electrons. The molecule has 0 saturated heterocycles. The lowest BCUT2D eigenvalue weighted by Gasteiger charge is -2.24. The van der Waals surface area contributed by atoms with Gasteiger partial charge in [-0.25, -0.2) is 0 Å². The zero-order valence-corrected chi connectivity index (χ0v) is 10.4. The molecule has 2 nitrogen and oxygen atoms in total. The van der Waals surface area contributed by atoms with Gasteiger partial charge in [0.1, 0.15) is 0 Å². The fourth-order valence-electron chi connectivity index (χ4n) is 1.02. The summed E-state index contributed by atoms with van der Waals surface area (Å²) in [5, 5.41) is 0. The number of thioether (sulfide) groups is 1. The maximum Gasteiger partial charge on any atom is 0.0740 e. The summed E-state index contributed by atoms with van der Waals surface area (Å²) < 4.78 is 0. The highest BCUT2D eigenvalue weighted by Gasteiger charge is 2.07. The van der Waals surface area contributed by atoms with Gasteiger partial charge in [0.25, 0.3) is 0 Å². The number of hydrogen-bond acceptors (Lipinski definition) is 3. The van der Waals surface area contributed by atoms with Gasteiger partial charge < -0.3 is 10.6 Å². The van der Waals surface area contributed by atoms with Gasteiger partial charge in [-0.05, 0) is 32.4 Å². The summed E-state index contributed by atoms with van der Waals surface area (Å²) in [6, 6.07) is 0.627. The summed E-state index contributed by atoms with van der Waals surface area (Å²) in [7, 11) is 2.13. The van der Waals surface area contributed by atoms with Crippen molar-refractivity contribution >= 4 is 29.0 Å². The van der Waals surface area contributed by atoms with Gasteiger partial charge in [0.2, 0.25) is 0 Å². The van der Waals surface area contributed by atoms with Crippen molar-refractivity contribution in [1.82, 2.24) is 4.90 Å². The van der Waals surface area contributed by atoms with Crippen molar-refractivity contribution in [2.45, 2.75) is 25.8 Å². The summed E-state index contributed by atoms with van der Waals surface area (Å²) >= 11 is 6.73. The Labute approximate surface area is 91.2 Å². The second-order valence-electron chi connectivity index (χ2n) is 3.33. The highest BCUT2D eigenvalue weighted by atomic mass is 32.2. The number of rotatable bonds is 7. The van der Waals surface area contributed by atoms with E-state index in [0.717, 1.165) is 13.0 Å². The lowest BCUT2D eigenvalue weighted by Crippen LogP contribution is -2.32. The van der Waals surface area contributed by atoms with Crippen LogP contribution >= 0.6 is 24.0 Å². The minimum Gasteiger partial charge on any atom is -0.393 e. The molecule has 1 atom stereocenters. The van der Waals surface area contributed by atoms with Crippen LogP contribution in [0.5, 0.6) is 0 Å². The lowest BCUT2D eigenvalue weighted by atomic mass is 10.2. The third kappa shape index (κ3) is 7.28. The summed E-state index contributed by atoms with van der Waals surface area (Å²) in [5.74, 6) is 1.22. The summed E-state index contributed by atoms with van der Waals surface area (Å²) in [4.78, 5) is 2.93. The Morgan fingerprint density at radius 1 is 1.62 bits per heavy atom. The molecular weight excluding hydrogens is 200 g/mol. The highest BCUT2D eigenvalue weighted by Crippen LogP contribution is 2.06. The summed E-state index contributed by atoms with van der Waals surface area (Å²) in [5.41, 5.74) is 5.44. The topological polar surface area (TPSA) is 29.3 Å². The van der Waals surface area contributed by atoms with Crippen LogP contribution < -0.4 is 5.73 Å². The van der Waals surface area contributed by atoms with E-state index in [0.29, 0.717) is 11.0 Å². The van der Waals surface area contributed by atoms with Crippen LogP contribution in [-0.2, 0) is 0 Å². The van der Waals surface area contributed by atoms with Crippen LogP contribution in [0.25, 0.3) is 0 Å². The molecule has 1 unspecified atom stereocenters. The fraction of sp³-hybridized carbons (Fsp3) is 0.889. The molecule has 0 fully saturated rings. The number of hydrogen-bond donors (Lipinski definition) is 1. The molecule has 0 aromatic heterocycles. The predicted octanol–water partition coefficient (Wildman–Crippen LogP) is 1.74. The molecule has 0 heterocycles. The van der Waals surface area contributed by atoms with E-state index in [-0.39, 0.29) is 0 Å². The van der Waals surface area contributed by atoms with Crippen molar-refractivity contribution in [1.29, 1.82) is 0 Å². The lowest BCUT2D eigenvalue weighted by molar-refractivity contribution is 0.260. The average Bonchev–Trinajstić information content (AvgIpc) is 2.10. The van der Waals surface area contributed by atoms with Crippen molar-refractivity contribution in [3.63, 3.8) is 0 Å². The van der Waals surface area contributed by atoms with E-state index in [1.807, 2.05) is 11.8 Å².